The molecule has 8 heteroatoms. The Hall–Kier alpha value is -1.51. The normalized spacial score (nSPS) is 16.9. The van der Waals surface area contributed by atoms with Gasteiger partial charge < -0.3 is 10.0 Å². The molecular weight excluding hydrogens is 282 g/mol. The number of aliphatic hydroxyl groups is 1. The van der Waals surface area contributed by atoms with Crippen molar-refractivity contribution in [2.75, 3.05) is 39.3 Å². The van der Waals surface area contributed by atoms with Crippen LogP contribution in [0.3, 0.4) is 0 Å². The first-order valence-electron chi connectivity index (χ1n) is 6.48. The lowest BCUT2D eigenvalue weighted by atomic mass is 10.3. The minimum Gasteiger partial charge on any atom is -0.395 e. The summed E-state index contributed by atoms with van der Waals surface area (Å²) in [5.74, 6) is -0.144. The number of aliphatic hydroxyl groups excluding tert-OH is 1. The summed E-state index contributed by atoms with van der Waals surface area (Å²) in [5.41, 5.74) is 0. The molecule has 2 heterocycles. The van der Waals surface area contributed by atoms with Gasteiger partial charge in [-0.1, -0.05) is 11.3 Å². The van der Waals surface area contributed by atoms with Gasteiger partial charge in [0.25, 0.3) is 5.91 Å². The number of carbonyl (C=O) groups is 1. The maximum Gasteiger partial charge on any atom is 0.324 e. The fraction of sp³-hybridized carbons (Fsp3) is 0.583. The lowest BCUT2D eigenvalue weighted by molar-refractivity contribution is -0.380. The second-order valence-electron chi connectivity index (χ2n) is 4.61. The van der Waals surface area contributed by atoms with Gasteiger partial charge in [-0.05, 0) is 19.0 Å². The van der Waals surface area contributed by atoms with Crippen LogP contribution in [0.15, 0.2) is 12.1 Å². The van der Waals surface area contributed by atoms with E-state index in [4.69, 9.17) is 5.11 Å². The summed E-state index contributed by atoms with van der Waals surface area (Å²) in [7, 11) is 0. The van der Waals surface area contributed by atoms with Crippen molar-refractivity contribution in [1.29, 1.82) is 0 Å². The lowest BCUT2D eigenvalue weighted by Crippen LogP contribution is -2.35. The summed E-state index contributed by atoms with van der Waals surface area (Å²) in [4.78, 5) is 26.7. The third-order valence-corrected chi connectivity index (χ3v) is 4.30. The van der Waals surface area contributed by atoms with Crippen LogP contribution in [-0.4, -0.2) is 65.1 Å². The quantitative estimate of drug-likeness (QED) is 0.656. The molecule has 20 heavy (non-hydrogen) atoms. The molecule has 0 aliphatic carbocycles. The predicted molar refractivity (Wildman–Crippen MR) is 75.0 cm³/mol. The van der Waals surface area contributed by atoms with Crippen molar-refractivity contribution in [3.05, 3.63) is 27.1 Å². The van der Waals surface area contributed by atoms with Gasteiger partial charge in [-0.15, -0.1) is 0 Å². The van der Waals surface area contributed by atoms with Gasteiger partial charge >= 0.3 is 5.00 Å². The van der Waals surface area contributed by atoms with E-state index in [9.17, 15) is 14.9 Å². The third-order valence-electron chi connectivity index (χ3n) is 3.27. The van der Waals surface area contributed by atoms with Gasteiger partial charge in [0.15, 0.2) is 0 Å². The summed E-state index contributed by atoms with van der Waals surface area (Å²) in [6.07, 6.45) is 0.846. The Morgan fingerprint density at radius 1 is 1.35 bits per heavy atom. The highest BCUT2D eigenvalue weighted by Gasteiger charge is 2.23. The van der Waals surface area contributed by atoms with E-state index in [2.05, 4.69) is 4.90 Å². The first-order chi connectivity index (χ1) is 9.61. The van der Waals surface area contributed by atoms with E-state index in [0.717, 1.165) is 30.8 Å². The van der Waals surface area contributed by atoms with E-state index >= 15 is 0 Å². The maximum absolute atomic E-state index is 12.3. The highest BCUT2D eigenvalue weighted by molar-refractivity contribution is 7.17. The highest BCUT2D eigenvalue weighted by Crippen LogP contribution is 2.25. The fourth-order valence-electron chi connectivity index (χ4n) is 2.24. The molecule has 1 fully saturated rings. The zero-order chi connectivity index (χ0) is 14.5. The lowest BCUT2D eigenvalue weighted by Gasteiger charge is -2.20. The van der Waals surface area contributed by atoms with Crippen LogP contribution in [0.25, 0.3) is 0 Å². The van der Waals surface area contributed by atoms with Crippen molar-refractivity contribution >= 4 is 22.2 Å². The number of nitro groups is 1. The number of amides is 1. The van der Waals surface area contributed by atoms with Gasteiger partial charge in [0.05, 0.1) is 16.4 Å². The molecule has 1 saturated heterocycles. The van der Waals surface area contributed by atoms with Gasteiger partial charge in [0.1, 0.15) is 0 Å². The number of carbonyl (C=O) groups excluding carboxylic acids is 1. The average molecular weight is 299 g/mol. The van der Waals surface area contributed by atoms with Crippen LogP contribution < -0.4 is 0 Å². The number of hydrogen-bond acceptors (Lipinski definition) is 6. The Kier molecular flexibility index (Phi) is 5.05. The van der Waals surface area contributed by atoms with Crippen molar-refractivity contribution in [2.24, 2.45) is 0 Å². The van der Waals surface area contributed by atoms with E-state index in [0.29, 0.717) is 24.5 Å². The summed E-state index contributed by atoms with van der Waals surface area (Å²) in [5, 5.41) is 19.6. The largest absolute Gasteiger partial charge is 0.395 e. The molecule has 1 N–H and O–H groups in total. The Morgan fingerprint density at radius 2 is 2.15 bits per heavy atom. The molecule has 1 aromatic rings. The van der Waals surface area contributed by atoms with Crippen molar-refractivity contribution in [3.63, 3.8) is 0 Å². The predicted octanol–water partition coefficient (Wildman–Crippen LogP) is 0.796. The Labute approximate surface area is 120 Å². The van der Waals surface area contributed by atoms with Crippen LogP contribution in [0.4, 0.5) is 5.00 Å². The standard InChI is InChI=1S/C12H17N3O4S/c16-9-8-13-4-1-5-14(7-6-13)12(17)10-2-3-11(20-10)15(18)19/h2-3,16H,1,4-9H2. The average Bonchev–Trinajstić information content (AvgIpc) is 2.80. The number of nitrogens with zero attached hydrogens (tertiary/aromatic N) is 3. The van der Waals surface area contributed by atoms with Crippen LogP contribution in [0, 0.1) is 10.1 Å². The first-order valence-corrected chi connectivity index (χ1v) is 7.30. The number of thiophene rings is 1. The van der Waals surface area contributed by atoms with E-state index in [1.165, 1.54) is 12.1 Å². The minimum absolute atomic E-state index is 0.00919. The van der Waals surface area contributed by atoms with Crippen molar-refractivity contribution < 1.29 is 14.8 Å². The number of rotatable bonds is 4. The highest BCUT2D eigenvalue weighted by atomic mass is 32.1. The van der Waals surface area contributed by atoms with Gasteiger partial charge in [-0.3, -0.25) is 19.8 Å². The zero-order valence-electron chi connectivity index (χ0n) is 11.0. The summed E-state index contributed by atoms with van der Waals surface area (Å²) < 4.78 is 0. The number of β-amino-alcohol motifs (C(OH)–C–C–N with tert-alkyl or cyclic N) is 1. The molecule has 110 valence electrons. The molecule has 1 aliphatic heterocycles. The van der Waals surface area contributed by atoms with Gasteiger partial charge in [-0.2, -0.15) is 0 Å². The molecule has 0 unspecified atom stereocenters. The third kappa shape index (κ3) is 3.53. The molecular formula is C12H17N3O4S. The topological polar surface area (TPSA) is 86.9 Å². The Bertz CT molecular complexity index is 491. The molecule has 1 amide bonds. The van der Waals surface area contributed by atoms with E-state index in [-0.39, 0.29) is 17.5 Å². The van der Waals surface area contributed by atoms with E-state index in [1.54, 1.807) is 4.90 Å². The van der Waals surface area contributed by atoms with Crippen LogP contribution in [0.1, 0.15) is 16.1 Å². The Morgan fingerprint density at radius 3 is 2.80 bits per heavy atom. The summed E-state index contributed by atoms with van der Waals surface area (Å²) in [6.45, 7) is 3.54. The van der Waals surface area contributed by atoms with E-state index < -0.39 is 4.92 Å². The Balaban J connectivity index is 1.99. The van der Waals surface area contributed by atoms with Gasteiger partial charge in [-0.25, -0.2) is 0 Å². The second-order valence-corrected chi connectivity index (χ2v) is 5.67. The molecule has 0 spiro atoms. The van der Waals surface area contributed by atoms with Crippen LogP contribution >= 0.6 is 11.3 Å². The molecule has 1 aromatic heterocycles. The van der Waals surface area contributed by atoms with Crippen LogP contribution in [0.5, 0.6) is 0 Å². The molecule has 0 saturated carbocycles. The first kappa shape index (κ1) is 14.9. The van der Waals surface area contributed by atoms with Gasteiger partial charge in [0.2, 0.25) is 0 Å². The molecule has 0 aromatic carbocycles. The molecule has 7 nitrogen and oxygen atoms in total. The molecule has 2 rings (SSSR count). The second kappa shape index (κ2) is 6.78. The minimum atomic E-state index is -0.479. The smallest absolute Gasteiger partial charge is 0.324 e. The van der Waals surface area contributed by atoms with E-state index in [1.807, 2.05) is 0 Å². The van der Waals surface area contributed by atoms with Crippen LogP contribution in [0.2, 0.25) is 0 Å². The molecule has 0 bridgehead atoms. The molecule has 1 aliphatic rings. The van der Waals surface area contributed by atoms with Crippen LogP contribution in [-0.2, 0) is 0 Å². The monoisotopic (exact) mass is 299 g/mol. The van der Waals surface area contributed by atoms with Crippen molar-refractivity contribution in [1.82, 2.24) is 9.80 Å². The summed E-state index contributed by atoms with van der Waals surface area (Å²) in [6, 6.07) is 2.88. The molecule has 0 atom stereocenters. The fourth-order valence-corrected chi connectivity index (χ4v) is 3.02. The molecule has 0 radical (unpaired) electrons. The number of hydrogen-bond donors (Lipinski definition) is 1. The van der Waals surface area contributed by atoms with Crippen molar-refractivity contribution in [3.8, 4) is 0 Å². The SMILES string of the molecule is O=C(c1ccc([N+](=O)[O-])s1)N1CCCN(CCO)CC1. The zero-order valence-corrected chi connectivity index (χ0v) is 11.8. The van der Waals surface area contributed by atoms with Gasteiger partial charge in [0, 0.05) is 32.2 Å². The van der Waals surface area contributed by atoms with Crippen molar-refractivity contribution in [2.45, 2.75) is 6.42 Å². The maximum atomic E-state index is 12.3. The summed E-state index contributed by atoms with van der Waals surface area (Å²) >= 11 is 0.917.